The third-order valence-electron chi connectivity index (χ3n) is 17.5. The maximum absolute atomic E-state index is 13.8. The maximum Gasteiger partial charge on any atom is 0.327 e. The Labute approximate surface area is 565 Å². The average molecular weight is 1440 g/mol. The van der Waals surface area contributed by atoms with Crippen molar-refractivity contribution < 1.29 is 53.2 Å². The van der Waals surface area contributed by atoms with Crippen LogP contribution in [0, 0.1) is 0 Å². The van der Waals surface area contributed by atoms with E-state index in [4.69, 9.17) is 19.2 Å². The summed E-state index contributed by atoms with van der Waals surface area (Å²) < 4.78 is 17.6. The molecule has 12 rings (SSSR count). The smallest absolute Gasteiger partial charge is 0.327 e. The van der Waals surface area contributed by atoms with Crippen molar-refractivity contribution in [1.29, 1.82) is 0 Å². The highest BCUT2D eigenvalue weighted by molar-refractivity contribution is 9.10. The molecule has 4 aromatic carbocycles. The molecule has 8 heterocycles. The number of anilines is 2. The van der Waals surface area contributed by atoms with Crippen molar-refractivity contribution in [1.82, 2.24) is 50.4 Å². The Morgan fingerprint density at radius 3 is 1.58 bits per heavy atom. The molecule has 0 unspecified atom stereocenters. The zero-order valence-electron chi connectivity index (χ0n) is 53.2. The molecule has 6 aliphatic rings. The van der Waals surface area contributed by atoms with Gasteiger partial charge in [0.05, 0.1) is 27.3 Å². The van der Waals surface area contributed by atoms with E-state index in [1.54, 1.807) is 83.6 Å². The summed E-state index contributed by atoms with van der Waals surface area (Å²) in [5, 5.41) is 28.0. The van der Waals surface area contributed by atoms with Crippen LogP contribution in [0.3, 0.4) is 0 Å². The van der Waals surface area contributed by atoms with E-state index >= 15 is 0 Å². The second-order valence-corrected chi connectivity index (χ2v) is 31.8. The number of rotatable bonds is 18. The average Bonchev–Trinajstić information content (AvgIpc) is 1.61. The van der Waals surface area contributed by atoms with E-state index in [1.165, 1.54) is 7.11 Å². The number of hydrogen-bond acceptors (Lipinski definition) is 17. The van der Waals surface area contributed by atoms with E-state index in [-0.39, 0.29) is 55.5 Å². The molecule has 0 aliphatic carbocycles. The first-order valence-corrected chi connectivity index (χ1v) is 36.0. The number of carbonyl (C=O) groups excluding carboxylic acids is 6. The highest BCUT2D eigenvalue weighted by Gasteiger charge is 2.55. The largest absolute Gasteiger partial charge is 0.506 e. The van der Waals surface area contributed by atoms with Gasteiger partial charge in [-0.15, -0.1) is 12.4 Å². The van der Waals surface area contributed by atoms with Crippen LogP contribution in [0.25, 0.3) is 11.3 Å². The Hall–Kier alpha value is -7.85. The van der Waals surface area contributed by atoms with Gasteiger partial charge in [-0.25, -0.2) is 24.5 Å². The maximum atomic E-state index is 13.8. The van der Waals surface area contributed by atoms with Crippen molar-refractivity contribution in [2.75, 3.05) is 116 Å². The van der Waals surface area contributed by atoms with Crippen molar-refractivity contribution in [3.05, 3.63) is 152 Å². The molecular weight excluding hydrogens is 1360 g/mol. The highest BCUT2D eigenvalue weighted by Crippen LogP contribution is 2.38. The summed E-state index contributed by atoms with van der Waals surface area (Å²) in [6, 6.07) is 31.6. The Bertz CT molecular complexity index is 3740. The number of piperazine rings is 2. The molecule has 27 heteroatoms. The van der Waals surface area contributed by atoms with Crippen molar-refractivity contribution in [2.45, 2.75) is 63.7 Å². The predicted octanol–water partition coefficient (Wildman–Crippen LogP) is 8.58. The van der Waals surface area contributed by atoms with Gasteiger partial charge in [0, 0.05) is 101 Å². The molecule has 0 spiro atoms. The number of likely N-dealkylation sites (N-methyl/N-ethyl adjacent to an activating group) is 2. The number of halogens is 3. The van der Waals surface area contributed by atoms with Crippen LogP contribution in [0.15, 0.2) is 118 Å². The number of aromatic hydroxyl groups is 2. The fourth-order valence-electron chi connectivity index (χ4n) is 12.0. The monoisotopic (exact) mass is 1440 g/mol. The number of carbonyl (C=O) groups is 6. The molecule has 23 nitrogen and oxygen atoms in total. The standard InChI is InChI=1S/C30H32N6O5.C25H30BrN3O5Si.C11H16BrN3O.ClH/c1-3-34-12-14-35(15-13-34)25-11-10-24(37)26(31-25)19-4-7-21(8-5-19)30(28(39)32-29(40)33-30)18-36-17-20-6-9-22(41-2)16-23(20)27(36)38;1-33-20-10-5-17-14-28(22(30)21(17)13-20)15-25(18-6-8-19(26)9-7-18)23(31)29(24(32)27-25)16-34-11-12-35(2,3)4;1-2-14-5-7-15(8-6-14)10-4-3-9(16)11(12)13-10;/h4-11,16,37H,3,12-15,17-18H2,1-2H3,(H2,32,33,39,40);5-10,13H,11-12,14-16H2,1-4H3,(H,27,32);3-4,16H,2,5-8H2,1H3;1H/t30-;25-;;/m00../s1. The quantitative estimate of drug-likeness (QED) is 0.0234. The Kier molecular flexibility index (Phi) is 22.1. The van der Waals surface area contributed by atoms with E-state index < -0.39 is 43.0 Å². The van der Waals surface area contributed by atoms with Crippen LogP contribution in [0.1, 0.15) is 56.8 Å². The van der Waals surface area contributed by atoms with Crippen LogP contribution in [0.2, 0.25) is 25.7 Å². The molecule has 0 bridgehead atoms. The van der Waals surface area contributed by atoms with Gasteiger partial charge in [-0.05, 0) is 118 Å². The minimum absolute atomic E-state index is 0. The number of aromatic nitrogens is 2. The number of methoxy groups -OCH3 is 2. The number of nitrogens with zero attached hydrogens (tertiary/aromatic N) is 9. The summed E-state index contributed by atoms with van der Waals surface area (Å²) in [5.41, 5.74) is 2.04. The van der Waals surface area contributed by atoms with Crippen LogP contribution in [-0.4, -0.2) is 195 Å². The van der Waals surface area contributed by atoms with E-state index in [0.717, 1.165) is 104 Å². The lowest BCUT2D eigenvalue weighted by Crippen LogP contribution is -2.53. The van der Waals surface area contributed by atoms with Gasteiger partial charge in [-0.1, -0.05) is 97.9 Å². The fourth-order valence-corrected chi connectivity index (χ4v) is 13.3. The van der Waals surface area contributed by atoms with Crippen LogP contribution in [0.4, 0.5) is 21.2 Å². The molecular formula is C66H79Br2ClN12O11Si. The first kappa shape index (κ1) is 69.5. The second-order valence-electron chi connectivity index (χ2n) is 24.5. The number of fused-ring (bicyclic) bond motifs is 2. The molecule has 93 heavy (non-hydrogen) atoms. The van der Waals surface area contributed by atoms with Gasteiger partial charge >= 0.3 is 12.1 Å². The van der Waals surface area contributed by atoms with E-state index in [9.17, 15) is 39.0 Å². The number of nitrogens with one attached hydrogen (secondary N) is 3. The number of urea groups is 2. The van der Waals surface area contributed by atoms with Crippen LogP contribution < -0.4 is 35.2 Å². The van der Waals surface area contributed by atoms with Gasteiger partial charge in [0.15, 0.2) is 11.1 Å². The zero-order valence-corrected chi connectivity index (χ0v) is 58.2. The number of hydrogen-bond donors (Lipinski definition) is 5. The topological polar surface area (TPSA) is 255 Å². The zero-order chi connectivity index (χ0) is 65.6. The molecule has 6 aromatic rings. The van der Waals surface area contributed by atoms with Crippen LogP contribution in [-0.2, 0) is 38.5 Å². The number of pyridine rings is 2. The lowest BCUT2D eigenvalue weighted by molar-refractivity contribution is -0.135. The van der Waals surface area contributed by atoms with Gasteiger partial charge in [-0.3, -0.25) is 24.5 Å². The first-order valence-electron chi connectivity index (χ1n) is 30.7. The number of amides is 8. The summed E-state index contributed by atoms with van der Waals surface area (Å²) in [6.45, 7) is 21.9. The molecule has 494 valence electrons. The Morgan fingerprint density at radius 2 is 1.10 bits per heavy atom. The van der Waals surface area contributed by atoms with Crippen molar-refractivity contribution in [3.63, 3.8) is 0 Å². The molecule has 2 aromatic heterocycles. The molecule has 0 saturated carbocycles. The summed E-state index contributed by atoms with van der Waals surface area (Å²) in [4.78, 5) is 101. The molecule has 8 amide bonds. The second kappa shape index (κ2) is 29.6. The van der Waals surface area contributed by atoms with Gasteiger partial charge in [0.1, 0.15) is 51.7 Å². The fraction of sp³-hybridized carbons (Fsp3) is 0.394. The van der Waals surface area contributed by atoms with Gasteiger partial charge < -0.3 is 64.5 Å². The highest BCUT2D eigenvalue weighted by atomic mass is 79.9. The molecule has 0 radical (unpaired) electrons. The lowest BCUT2D eigenvalue weighted by Gasteiger charge is -2.35. The summed E-state index contributed by atoms with van der Waals surface area (Å²) in [5.74, 6) is 1.71. The predicted molar refractivity (Wildman–Crippen MR) is 365 cm³/mol. The molecule has 2 atom stereocenters. The van der Waals surface area contributed by atoms with E-state index in [1.807, 2.05) is 42.5 Å². The third-order valence-corrected chi connectivity index (χ3v) is 20.3. The van der Waals surface area contributed by atoms with Gasteiger partial charge in [0.2, 0.25) is 0 Å². The SMILES string of the molecule is CCN1CCN(c2ccc(O)c(-c3ccc([C@]4(CN5Cc6ccc(OC)cc6C5=O)NC(=O)NC4=O)cc3)n2)CC1.CCN1CCN(c2ccc(O)c(Br)n2)CC1.COc1ccc2c(c1)C(=O)N(C[C@@]1(c3ccc(Br)cc3)NC(=O)N(COCC[Si](C)(C)C)C1=O)C2.Cl. The number of benzene rings is 4. The first-order chi connectivity index (χ1) is 44.0. The molecule has 4 fully saturated rings. The van der Waals surface area contributed by atoms with Crippen LogP contribution >= 0.6 is 44.3 Å². The number of ether oxygens (including phenoxy) is 3. The van der Waals surface area contributed by atoms with E-state index in [0.29, 0.717) is 69.3 Å². The molecule has 4 saturated heterocycles. The van der Waals surface area contributed by atoms with Crippen molar-refractivity contribution in [3.8, 4) is 34.3 Å². The Balaban J connectivity index is 0.000000178. The van der Waals surface area contributed by atoms with Gasteiger partial charge in [0.25, 0.3) is 23.6 Å². The number of imide groups is 2. The van der Waals surface area contributed by atoms with Crippen molar-refractivity contribution >= 4 is 99.7 Å². The summed E-state index contributed by atoms with van der Waals surface area (Å²) >= 11 is 6.66. The Morgan fingerprint density at radius 1 is 0.602 bits per heavy atom. The minimum Gasteiger partial charge on any atom is -0.506 e. The normalized spacial score (nSPS) is 19.6. The molecule has 6 aliphatic heterocycles. The van der Waals surface area contributed by atoms with E-state index in [2.05, 4.69) is 106 Å². The summed E-state index contributed by atoms with van der Waals surface area (Å²) in [6.07, 6.45) is 0. The minimum atomic E-state index is -1.48. The van der Waals surface area contributed by atoms with Gasteiger partial charge in [-0.2, -0.15) is 0 Å². The van der Waals surface area contributed by atoms with Crippen LogP contribution in [0.5, 0.6) is 23.0 Å². The third kappa shape index (κ3) is 15.4. The summed E-state index contributed by atoms with van der Waals surface area (Å²) in [7, 11) is 1.78. The molecule has 5 N–H and O–H groups in total. The van der Waals surface area contributed by atoms with Crippen molar-refractivity contribution in [2.24, 2.45) is 0 Å². The lowest BCUT2D eigenvalue weighted by atomic mass is 9.88.